The summed E-state index contributed by atoms with van der Waals surface area (Å²) in [5.41, 5.74) is 0. The molecule has 3 rings (SSSR count). The molecule has 5 unspecified atom stereocenters. The molecule has 1 aliphatic heterocycles. The van der Waals surface area contributed by atoms with Crippen molar-refractivity contribution in [2.24, 2.45) is 11.8 Å². The van der Waals surface area contributed by atoms with E-state index in [1.54, 1.807) is 6.92 Å². The van der Waals surface area contributed by atoms with Crippen molar-refractivity contribution >= 4 is 10.1 Å². The highest BCUT2D eigenvalue weighted by atomic mass is 32.2. The van der Waals surface area contributed by atoms with Gasteiger partial charge in [-0.2, -0.15) is 8.42 Å². The molecule has 0 spiro atoms. The van der Waals surface area contributed by atoms with Gasteiger partial charge in [-0.1, -0.05) is 0 Å². The van der Waals surface area contributed by atoms with Crippen LogP contribution in [0.1, 0.15) is 19.8 Å². The fourth-order valence-corrected chi connectivity index (χ4v) is 5.03. The number of aliphatic hydroxyl groups excluding tert-OH is 1. The average molecular weight is 204 g/mol. The first kappa shape index (κ1) is 8.20. The number of rotatable bonds is 0. The van der Waals surface area contributed by atoms with E-state index in [0.29, 0.717) is 6.42 Å². The molecule has 5 atom stereocenters. The van der Waals surface area contributed by atoms with Crippen LogP contribution in [-0.4, -0.2) is 30.5 Å². The Bertz CT molecular complexity index is 362. The lowest BCUT2D eigenvalue weighted by Crippen LogP contribution is -2.40. The molecule has 3 fully saturated rings. The Morgan fingerprint density at radius 3 is 2.77 bits per heavy atom. The zero-order valence-corrected chi connectivity index (χ0v) is 8.12. The van der Waals surface area contributed by atoms with Gasteiger partial charge in [0.05, 0.1) is 6.10 Å². The van der Waals surface area contributed by atoms with Gasteiger partial charge >= 0.3 is 0 Å². The van der Waals surface area contributed by atoms with E-state index < -0.39 is 27.1 Å². The van der Waals surface area contributed by atoms with Crippen molar-refractivity contribution in [1.29, 1.82) is 0 Å². The summed E-state index contributed by atoms with van der Waals surface area (Å²) in [6.45, 7) is 1.75. The second-order valence-corrected chi connectivity index (χ2v) is 6.66. The van der Waals surface area contributed by atoms with Crippen molar-refractivity contribution < 1.29 is 17.7 Å². The highest BCUT2D eigenvalue weighted by Gasteiger charge is 2.70. The highest BCUT2D eigenvalue weighted by Crippen LogP contribution is 2.60. The first-order valence-electron chi connectivity index (χ1n) is 4.56. The van der Waals surface area contributed by atoms with Gasteiger partial charge in [0.15, 0.2) is 0 Å². The second kappa shape index (κ2) is 1.94. The van der Waals surface area contributed by atoms with Crippen molar-refractivity contribution in [3.05, 3.63) is 0 Å². The predicted molar refractivity (Wildman–Crippen MR) is 44.4 cm³/mol. The standard InChI is InChI=1S/C8H12O4S/c1-8-3-4-2-5(8)7(6(4)9)12-13(8,10)11/h4-7,9H,2-3H2,1H3. The van der Waals surface area contributed by atoms with Crippen LogP contribution in [0.2, 0.25) is 0 Å². The Hall–Kier alpha value is -0.130. The van der Waals surface area contributed by atoms with E-state index in [-0.39, 0.29) is 11.8 Å². The third kappa shape index (κ3) is 0.692. The summed E-state index contributed by atoms with van der Waals surface area (Å²) < 4.78 is 27.5. The summed E-state index contributed by atoms with van der Waals surface area (Å²) in [7, 11) is -3.42. The minimum Gasteiger partial charge on any atom is -0.390 e. The molecule has 74 valence electrons. The van der Waals surface area contributed by atoms with Gasteiger partial charge in [-0.3, -0.25) is 4.18 Å². The molecule has 13 heavy (non-hydrogen) atoms. The van der Waals surface area contributed by atoms with Crippen LogP contribution in [0.25, 0.3) is 0 Å². The van der Waals surface area contributed by atoms with Crippen LogP contribution in [0, 0.1) is 11.8 Å². The van der Waals surface area contributed by atoms with Crippen LogP contribution in [0.4, 0.5) is 0 Å². The van der Waals surface area contributed by atoms with Crippen molar-refractivity contribution in [3.8, 4) is 0 Å². The third-order valence-corrected chi connectivity index (χ3v) is 6.12. The van der Waals surface area contributed by atoms with Crippen molar-refractivity contribution in [3.63, 3.8) is 0 Å². The van der Waals surface area contributed by atoms with Gasteiger partial charge in [-0.15, -0.1) is 0 Å². The normalized spacial score (nSPS) is 61.7. The van der Waals surface area contributed by atoms with Crippen LogP contribution in [0.15, 0.2) is 0 Å². The number of hydrogen-bond acceptors (Lipinski definition) is 4. The molecule has 2 bridgehead atoms. The van der Waals surface area contributed by atoms with Gasteiger partial charge in [-0.25, -0.2) is 0 Å². The van der Waals surface area contributed by atoms with Crippen molar-refractivity contribution in [1.82, 2.24) is 0 Å². The minimum atomic E-state index is -3.42. The summed E-state index contributed by atoms with van der Waals surface area (Å²) in [6.07, 6.45) is 0.364. The molecule has 0 aromatic carbocycles. The maximum absolute atomic E-state index is 11.6. The first-order valence-corrected chi connectivity index (χ1v) is 5.97. The van der Waals surface area contributed by atoms with Crippen molar-refractivity contribution in [2.75, 3.05) is 0 Å². The number of aliphatic hydroxyl groups is 1. The van der Waals surface area contributed by atoms with E-state index in [0.717, 1.165) is 6.42 Å². The zero-order valence-electron chi connectivity index (χ0n) is 7.30. The van der Waals surface area contributed by atoms with Gasteiger partial charge in [0.2, 0.25) is 0 Å². The Kier molecular flexibility index (Phi) is 1.23. The molecule has 3 aliphatic rings. The average Bonchev–Trinajstić information content (AvgIpc) is 2.53. The SMILES string of the molecule is CC12CC3CC1C(OS2(=O)=O)C3O. The molecule has 0 aromatic heterocycles. The molecule has 0 radical (unpaired) electrons. The highest BCUT2D eigenvalue weighted by molar-refractivity contribution is 7.88. The van der Waals surface area contributed by atoms with Crippen LogP contribution in [0.5, 0.6) is 0 Å². The summed E-state index contributed by atoms with van der Waals surface area (Å²) in [5, 5.41) is 9.66. The molecule has 5 heteroatoms. The van der Waals surface area contributed by atoms with Crippen LogP contribution in [-0.2, 0) is 14.3 Å². The summed E-state index contributed by atoms with van der Waals surface area (Å²) in [4.78, 5) is 0. The van der Waals surface area contributed by atoms with E-state index in [1.807, 2.05) is 0 Å². The summed E-state index contributed by atoms with van der Waals surface area (Å²) in [6, 6.07) is 0. The topological polar surface area (TPSA) is 63.6 Å². The Labute approximate surface area is 77.0 Å². The smallest absolute Gasteiger partial charge is 0.273 e. The largest absolute Gasteiger partial charge is 0.390 e. The van der Waals surface area contributed by atoms with Crippen LogP contribution in [0.3, 0.4) is 0 Å². The van der Waals surface area contributed by atoms with E-state index in [9.17, 15) is 13.5 Å². The molecular weight excluding hydrogens is 192 g/mol. The van der Waals surface area contributed by atoms with Gasteiger partial charge in [-0.05, 0) is 25.7 Å². The Balaban J connectivity index is 2.18. The molecule has 1 heterocycles. The van der Waals surface area contributed by atoms with Gasteiger partial charge in [0, 0.05) is 5.92 Å². The van der Waals surface area contributed by atoms with Crippen LogP contribution < -0.4 is 0 Å². The minimum absolute atomic E-state index is 0.0255. The summed E-state index contributed by atoms with van der Waals surface area (Å²) >= 11 is 0. The Morgan fingerprint density at radius 2 is 2.23 bits per heavy atom. The first-order chi connectivity index (χ1) is 5.96. The zero-order chi connectivity index (χ0) is 9.43. The van der Waals surface area contributed by atoms with Crippen LogP contribution >= 0.6 is 0 Å². The maximum atomic E-state index is 11.6. The van der Waals surface area contributed by atoms with Gasteiger partial charge < -0.3 is 5.11 Å². The fraction of sp³-hybridized carbons (Fsp3) is 1.00. The van der Waals surface area contributed by atoms with E-state index >= 15 is 0 Å². The lowest BCUT2D eigenvalue weighted by atomic mass is 9.86. The second-order valence-electron chi connectivity index (χ2n) is 4.62. The van der Waals surface area contributed by atoms with E-state index in [1.165, 1.54) is 0 Å². The van der Waals surface area contributed by atoms with Gasteiger partial charge in [0.25, 0.3) is 10.1 Å². The number of hydrogen-bond donors (Lipinski definition) is 1. The Morgan fingerprint density at radius 1 is 1.54 bits per heavy atom. The quantitative estimate of drug-likeness (QED) is 0.558. The molecule has 0 aromatic rings. The molecule has 1 N–H and O–H groups in total. The molecule has 1 saturated heterocycles. The third-order valence-electron chi connectivity index (χ3n) is 4.03. The molecular formula is C8H12O4S. The van der Waals surface area contributed by atoms with Crippen molar-refractivity contribution in [2.45, 2.75) is 36.7 Å². The fourth-order valence-electron chi connectivity index (χ4n) is 3.25. The lowest BCUT2D eigenvalue weighted by Gasteiger charge is -2.26. The molecule has 2 aliphatic carbocycles. The van der Waals surface area contributed by atoms with E-state index in [2.05, 4.69) is 0 Å². The lowest BCUT2D eigenvalue weighted by molar-refractivity contribution is 0.0189. The number of fused-ring (bicyclic) bond motifs is 1. The summed E-state index contributed by atoms with van der Waals surface area (Å²) in [5.74, 6) is 0.162. The van der Waals surface area contributed by atoms with E-state index in [4.69, 9.17) is 4.18 Å². The predicted octanol–water partition coefficient (Wildman–Crippen LogP) is -0.126. The molecule has 0 amide bonds. The maximum Gasteiger partial charge on any atom is 0.273 e. The monoisotopic (exact) mass is 204 g/mol. The van der Waals surface area contributed by atoms with Gasteiger partial charge in [0.1, 0.15) is 10.9 Å². The molecule has 4 nitrogen and oxygen atoms in total. The molecule has 2 saturated carbocycles.